The minimum Gasteiger partial charge on any atom is -0.545 e. The molecule has 156 valence electrons. The van der Waals surface area contributed by atoms with E-state index in [1.54, 1.807) is 0 Å². The molecule has 2 aromatic rings. The first-order chi connectivity index (χ1) is 14.2. The first kappa shape index (κ1) is 21.7. The maximum Gasteiger partial charge on any atom is 0.277 e. The minimum absolute atomic E-state index is 0.00188. The number of carboxylic acids is 1. The standard InChI is InChI=1S/C17H14N4O9/c1-29-13-4-3-9(14(17(23)24)15(13)30-2)8-18-19-16(22)10-5-11(20(25)26)7-12(6-10)21(27)28/h3-8H,1-2H3,(H,19,22)(H,23,24)/p-1/b18-8-. The van der Waals surface area contributed by atoms with Gasteiger partial charge in [0.25, 0.3) is 17.3 Å². The fourth-order valence-electron chi connectivity index (χ4n) is 2.42. The summed E-state index contributed by atoms with van der Waals surface area (Å²) in [6.07, 6.45) is 0.969. The number of nitrogens with zero attached hydrogens (tertiary/aromatic N) is 3. The Balaban J connectivity index is 2.34. The van der Waals surface area contributed by atoms with Gasteiger partial charge in [-0.2, -0.15) is 5.10 Å². The SMILES string of the molecule is COc1ccc(/C=N\NC(=O)c2cc([N+](=O)[O-])cc([N+](=O)[O-])c2)c(C(=O)[O-])c1OC. The normalized spacial score (nSPS) is 10.5. The molecule has 30 heavy (non-hydrogen) atoms. The van der Waals surface area contributed by atoms with E-state index < -0.39 is 33.1 Å². The Morgan fingerprint density at radius 1 is 1.03 bits per heavy atom. The van der Waals surface area contributed by atoms with Gasteiger partial charge < -0.3 is 19.4 Å². The van der Waals surface area contributed by atoms with Crippen molar-refractivity contribution in [2.45, 2.75) is 0 Å². The molecule has 0 unspecified atom stereocenters. The number of nitro benzene ring substituents is 2. The number of rotatable bonds is 8. The molecule has 0 radical (unpaired) electrons. The highest BCUT2D eigenvalue weighted by atomic mass is 16.6. The van der Waals surface area contributed by atoms with E-state index in [1.807, 2.05) is 5.43 Å². The van der Waals surface area contributed by atoms with Crippen molar-refractivity contribution in [3.63, 3.8) is 0 Å². The Bertz CT molecular complexity index is 1030. The number of ether oxygens (including phenoxy) is 2. The van der Waals surface area contributed by atoms with Gasteiger partial charge in [-0.25, -0.2) is 5.43 Å². The Labute approximate surface area is 167 Å². The lowest BCUT2D eigenvalue weighted by Crippen LogP contribution is -2.25. The molecule has 0 aliphatic carbocycles. The number of amides is 1. The molecule has 0 aliphatic rings. The lowest BCUT2D eigenvalue weighted by Gasteiger charge is -2.15. The number of methoxy groups -OCH3 is 2. The zero-order valence-electron chi connectivity index (χ0n) is 15.5. The number of non-ortho nitro benzene ring substituents is 2. The summed E-state index contributed by atoms with van der Waals surface area (Å²) in [7, 11) is 2.53. The number of hydrazone groups is 1. The van der Waals surface area contributed by atoms with E-state index in [0.29, 0.717) is 6.07 Å². The number of benzene rings is 2. The first-order valence-electron chi connectivity index (χ1n) is 7.93. The summed E-state index contributed by atoms with van der Waals surface area (Å²) in [5.41, 5.74) is -0.0768. The van der Waals surface area contributed by atoms with E-state index in [2.05, 4.69) is 5.10 Å². The topological polar surface area (TPSA) is 186 Å². The lowest BCUT2D eigenvalue weighted by atomic mass is 10.1. The number of carbonyl (C=O) groups excluding carboxylic acids is 2. The summed E-state index contributed by atoms with van der Waals surface area (Å²) in [4.78, 5) is 43.7. The third-order valence-corrected chi connectivity index (χ3v) is 3.74. The Morgan fingerprint density at radius 2 is 1.63 bits per heavy atom. The molecule has 2 aromatic carbocycles. The third kappa shape index (κ3) is 4.64. The van der Waals surface area contributed by atoms with Crippen LogP contribution in [0.3, 0.4) is 0 Å². The van der Waals surface area contributed by atoms with Crippen molar-refractivity contribution >= 4 is 29.5 Å². The van der Waals surface area contributed by atoms with Crippen LogP contribution < -0.4 is 20.0 Å². The summed E-state index contributed by atoms with van der Waals surface area (Å²) in [5, 5.41) is 36.9. The molecule has 1 N–H and O–H groups in total. The number of aromatic carboxylic acids is 1. The molecule has 0 fully saturated rings. The molecule has 0 atom stereocenters. The Kier molecular flexibility index (Phi) is 6.59. The Morgan fingerprint density at radius 3 is 2.10 bits per heavy atom. The van der Waals surface area contributed by atoms with Gasteiger partial charge >= 0.3 is 0 Å². The number of carbonyl (C=O) groups is 2. The third-order valence-electron chi connectivity index (χ3n) is 3.74. The average Bonchev–Trinajstić information content (AvgIpc) is 2.72. The van der Waals surface area contributed by atoms with E-state index in [-0.39, 0.29) is 28.2 Å². The largest absolute Gasteiger partial charge is 0.545 e. The van der Waals surface area contributed by atoms with Crippen molar-refractivity contribution in [3.8, 4) is 11.5 Å². The molecule has 0 saturated carbocycles. The highest BCUT2D eigenvalue weighted by Gasteiger charge is 2.20. The van der Waals surface area contributed by atoms with Crippen LogP contribution in [0.5, 0.6) is 11.5 Å². The van der Waals surface area contributed by atoms with Gasteiger partial charge in [-0.05, 0) is 12.1 Å². The second-order valence-corrected chi connectivity index (χ2v) is 5.50. The van der Waals surface area contributed by atoms with E-state index >= 15 is 0 Å². The van der Waals surface area contributed by atoms with E-state index in [0.717, 1.165) is 18.3 Å². The molecule has 1 amide bonds. The van der Waals surface area contributed by atoms with Crippen LogP contribution in [0.25, 0.3) is 0 Å². The van der Waals surface area contributed by atoms with Crippen LogP contribution in [0, 0.1) is 20.2 Å². The van der Waals surface area contributed by atoms with Crippen LogP contribution in [-0.2, 0) is 0 Å². The summed E-state index contributed by atoms with van der Waals surface area (Å²) < 4.78 is 10.0. The number of hydrogen-bond donors (Lipinski definition) is 1. The molecule has 0 heterocycles. The zero-order valence-corrected chi connectivity index (χ0v) is 15.5. The van der Waals surface area contributed by atoms with Crippen molar-refractivity contribution in [2.75, 3.05) is 14.2 Å². The number of nitrogens with one attached hydrogen (secondary N) is 1. The van der Waals surface area contributed by atoms with E-state index in [9.17, 15) is 34.9 Å². The zero-order chi connectivity index (χ0) is 22.4. The molecular weight excluding hydrogens is 404 g/mol. The monoisotopic (exact) mass is 417 g/mol. The highest BCUT2D eigenvalue weighted by molar-refractivity contribution is 6.01. The quantitative estimate of drug-likeness (QED) is 0.365. The van der Waals surface area contributed by atoms with Crippen LogP contribution >= 0.6 is 0 Å². The summed E-state index contributed by atoms with van der Waals surface area (Å²) >= 11 is 0. The summed E-state index contributed by atoms with van der Waals surface area (Å²) in [6.45, 7) is 0. The molecule has 0 saturated heterocycles. The van der Waals surface area contributed by atoms with Gasteiger partial charge in [0.2, 0.25) is 0 Å². The molecule has 13 nitrogen and oxygen atoms in total. The van der Waals surface area contributed by atoms with Gasteiger partial charge in [0.1, 0.15) is 0 Å². The highest BCUT2D eigenvalue weighted by Crippen LogP contribution is 2.32. The molecule has 0 aromatic heterocycles. The van der Waals surface area contributed by atoms with Gasteiger partial charge in [-0.15, -0.1) is 0 Å². The van der Waals surface area contributed by atoms with Crippen molar-refractivity contribution < 1.29 is 34.0 Å². The molecule has 0 aliphatic heterocycles. The van der Waals surface area contributed by atoms with Crippen molar-refractivity contribution in [2.24, 2.45) is 5.10 Å². The van der Waals surface area contributed by atoms with Crippen LogP contribution in [0.15, 0.2) is 35.4 Å². The van der Waals surface area contributed by atoms with Crippen LogP contribution in [-0.4, -0.2) is 42.2 Å². The summed E-state index contributed by atoms with van der Waals surface area (Å²) in [6, 6.07) is 5.09. The van der Waals surface area contributed by atoms with Crippen molar-refractivity contribution in [1.82, 2.24) is 5.43 Å². The Hall–Kier alpha value is -4.55. The lowest BCUT2D eigenvalue weighted by molar-refractivity contribution is -0.394. The van der Waals surface area contributed by atoms with Gasteiger partial charge in [-0.3, -0.25) is 25.0 Å². The first-order valence-corrected chi connectivity index (χ1v) is 7.93. The van der Waals surface area contributed by atoms with Gasteiger partial charge in [0, 0.05) is 17.7 Å². The second kappa shape index (κ2) is 9.09. The maximum atomic E-state index is 12.2. The van der Waals surface area contributed by atoms with Gasteiger partial charge in [0.05, 0.1) is 53.4 Å². The van der Waals surface area contributed by atoms with Gasteiger partial charge in [0.15, 0.2) is 11.5 Å². The van der Waals surface area contributed by atoms with E-state index in [4.69, 9.17) is 9.47 Å². The number of nitro groups is 2. The fourth-order valence-corrected chi connectivity index (χ4v) is 2.42. The van der Waals surface area contributed by atoms with Gasteiger partial charge in [-0.1, -0.05) is 0 Å². The average molecular weight is 417 g/mol. The maximum absolute atomic E-state index is 12.2. The fraction of sp³-hybridized carbons (Fsp3) is 0.118. The molecular formula is C17H13N4O9-. The predicted molar refractivity (Wildman–Crippen MR) is 98.7 cm³/mol. The van der Waals surface area contributed by atoms with Crippen LogP contribution in [0.1, 0.15) is 26.3 Å². The van der Waals surface area contributed by atoms with Crippen LogP contribution in [0.4, 0.5) is 11.4 Å². The molecule has 0 bridgehead atoms. The van der Waals surface area contributed by atoms with E-state index in [1.165, 1.54) is 26.4 Å². The molecule has 13 heteroatoms. The number of hydrogen-bond acceptors (Lipinski definition) is 10. The number of carboxylic acid groups (broad SMARTS) is 1. The minimum atomic E-state index is -1.59. The molecule has 2 rings (SSSR count). The summed E-state index contributed by atoms with van der Waals surface area (Å²) in [5.74, 6) is -2.58. The predicted octanol–water partition coefficient (Wildman–Crippen LogP) is 0.648. The molecule has 0 spiro atoms. The van der Waals surface area contributed by atoms with Crippen molar-refractivity contribution in [1.29, 1.82) is 0 Å². The van der Waals surface area contributed by atoms with Crippen LogP contribution in [0.2, 0.25) is 0 Å². The second-order valence-electron chi connectivity index (χ2n) is 5.50. The van der Waals surface area contributed by atoms with Crippen molar-refractivity contribution in [3.05, 3.63) is 67.3 Å². The smallest absolute Gasteiger partial charge is 0.277 e.